The lowest BCUT2D eigenvalue weighted by Crippen LogP contribution is -2.54. The van der Waals surface area contributed by atoms with Gasteiger partial charge in [0.05, 0.1) is 6.54 Å². The van der Waals surface area contributed by atoms with E-state index in [4.69, 9.17) is 0 Å². The Morgan fingerprint density at radius 1 is 0.921 bits per heavy atom. The summed E-state index contributed by atoms with van der Waals surface area (Å²) in [7, 11) is 0. The van der Waals surface area contributed by atoms with Crippen LogP contribution in [0.5, 0.6) is 0 Å². The van der Waals surface area contributed by atoms with Crippen molar-refractivity contribution in [2.45, 2.75) is 37.6 Å². The molecule has 0 aliphatic carbocycles. The minimum atomic E-state index is -0.963. The highest BCUT2D eigenvalue weighted by atomic mass is 79.9. The van der Waals surface area contributed by atoms with Gasteiger partial charge in [0, 0.05) is 34.7 Å². The maximum Gasteiger partial charge on any atom is 0.238 e. The number of hydrogen-bond acceptors (Lipinski definition) is 3. The highest BCUT2D eigenvalue weighted by Gasteiger charge is 2.44. The van der Waals surface area contributed by atoms with E-state index in [9.17, 15) is 13.6 Å². The third kappa shape index (κ3) is 6.33. The molecule has 38 heavy (non-hydrogen) atoms. The molecule has 200 valence electrons. The Morgan fingerprint density at radius 3 is 2.37 bits per heavy atom. The lowest BCUT2D eigenvalue weighted by Gasteiger charge is -2.50. The quantitative estimate of drug-likeness (QED) is 0.341. The van der Waals surface area contributed by atoms with Crippen LogP contribution in [0.25, 0.3) is 0 Å². The topological polar surface area (TPSA) is 35.6 Å². The smallest absolute Gasteiger partial charge is 0.238 e. The molecule has 0 saturated carbocycles. The Morgan fingerprint density at radius 2 is 1.66 bits per heavy atom. The van der Waals surface area contributed by atoms with Gasteiger partial charge in [0.1, 0.15) is 0 Å². The van der Waals surface area contributed by atoms with Gasteiger partial charge in [0.25, 0.3) is 0 Å². The van der Waals surface area contributed by atoms with Crippen molar-refractivity contribution < 1.29 is 13.6 Å². The molecule has 0 bridgehead atoms. The largest absolute Gasteiger partial charge is 0.325 e. The third-order valence-electron chi connectivity index (χ3n) is 8.21. The zero-order valence-corrected chi connectivity index (χ0v) is 23.1. The number of rotatable bonds is 7. The first kappa shape index (κ1) is 27.0. The molecular weight excluding hydrogens is 548 g/mol. The number of hydrogen-bond donors (Lipinski definition) is 1. The lowest BCUT2D eigenvalue weighted by molar-refractivity contribution is -0.118. The number of piperidine rings is 2. The van der Waals surface area contributed by atoms with Gasteiger partial charge in [-0.15, -0.1) is 0 Å². The van der Waals surface area contributed by atoms with Crippen molar-refractivity contribution in [3.05, 3.63) is 100 Å². The fourth-order valence-electron chi connectivity index (χ4n) is 6.35. The third-order valence-corrected chi connectivity index (χ3v) is 8.74. The van der Waals surface area contributed by atoms with Crippen LogP contribution in [0.1, 0.15) is 36.8 Å². The summed E-state index contributed by atoms with van der Waals surface area (Å²) in [6, 6.07) is 22.8. The van der Waals surface area contributed by atoms with Crippen molar-refractivity contribution in [3.63, 3.8) is 0 Å². The van der Waals surface area contributed by atoms with E-state index in [0.29, 0.717) is 5.92 Å². The molecule has 0 spiro atoms. The zero-order chi connectivity index (χ0) is 26.5. The monoisotopic (exact) mass is 581 g/mol. The molecule has 0 aromatic heterocycles. The van der Waals surface area contributed by atoms with Crippen LogP contribution in [0.15, 0.2) is 77.3 Å². The molecular formula is C31H34BrF2N3O. The zero-order valence-electron chi connectivity index (χ0n) is 21.5. The summed E-state index contributed by atoms with van der Waals surface area (Å²) >= 11 is 3.52. The molecule has 2 aliphatic heterocycles. The van der Waals surface area contributed by atoms with Crippen molar-refractivity contribution >= 4 is 27.5 Å². The summed E-state index contributed by atoms with van der Waals surface area (Å²) < 4.78 is 28.0. The molecule has 4 nitrogen and oxygen atoms in total. The summed E-state index contributed by atoms with van der Waals surface area (Å²) in [4.78, 5) is 17.6. The van der Waals surface area contributed by atoms with E-state index >= 15 is 0 Å². The Hall–Kier alpha value is -2.61. The Labute approximate surface area is 232 Å². The van der Waals surface area contributed by atoms with Gasteiger partial charge in [-0.25, -0.2) is 8.78 Å². The maximum absolute atomic E-state index is 13.6. The highest BCUT2D eigenvalue weighted by molar-refractivity contribution is 9.10. The molecule has 3 aromatic rings. The molecule has 3 aromatic carbocycles. The van der Waals surface area contributed by atoms with Crippen LogP contribution in [0.2, 0.25) is 0 Å². The molecule has 1 atom stereocenters. The summed E-state index contributed by atoms with van der Waals surface area (Å²) in [6.45, 7) is 4.99. The molecule has 5 rings (SSSR count). The van der Waals surface area contributed by atoms with Crippen molar-refractivity contribution in [2.75, 3.05) is 38.0 Å². The molecule has 1 N–H and O–H groups in total. The van der Waals surface area contributed by atoms with Crippen LogP contribution in [-0.2, 0) is 16.8 Å². The number of likely N-dealkylation sites (tertiary alicyclic amines) is 2. The number of nitrogens with zero attached hydrogens (tertiary/aromatic N) is 2. The van der Waals surface area contributed by atoms with Gasteiger partial charge < -0.3 is 5.32 Å². The molecule has 2 heterocycles. The first-order chi connectivity index (χ1) is 18.4. The van der Waals surface area contributed by atoms with Gasteiger partial charge in [-0.2, -0.15) is 0 Å². The highest BCUT2D eigenvalue weighted by Crippen LogP contribution is 2.45. The van der Waals surface area contributed by atoms with Gasteiger partial charge in [-0.05, 0) is 86.6 Å². The van der Waals surface area contributed by atoms with Gasteiger partial charge in [0.2, 0.25) is 5.91 Å². The van der Waals surface area contributed by atoms with E-state index in [1.54, 1.807) is 0 Å². The lowest BCUT2D eigenvalue weighted by atomic mass is 9.62. The van der Waals surface area contributed by atoms with Crippen molar-refractivity contribution in [2.24, 2.45) is 5.92 Å². The van der Waals surface area contributed by atoms with E-state index in [2.05, 4.69) is 85.6 Å². The van der Waals surface area contributed by atoms with Crippen LogP contribution in [0.4, 0.5) is 14.5 Å². The van der Waals surface area contributed by atoms with Crippen LogP contribution < -0.4 is 5.32 Å². The molecule has 0 radical (unpaired) electrons. The Kier molecular flexibility index (Phi) is 8.56. The minimum Gasteiger partial charge on any atom is -0.325 e. The Bertz CT molecular complexity index is 1230. The predicted molar refractivity (Wildman–Crippen MR) is 151 cm³/mol. The maximum atomic E-state index is 13.6. The first-order valence-corrected chi connectivity index (χ1v) is 14.2. The van der Waals surface area contributed by atoms with Gasteiger partial charge in [-0.1, -0.05) is 58.4 Å². The minimum absolute atomic E-state index is 0.00846. The SMILES string of the molecule is O=C(CN1CCCC(c2ccccc2)(C2CCN(Cc3ccc(Br)cc3)CC2)C1)Nc1ccc(F)c(F)c1. The van der Waals surface area contributed by atoms with Crippen molar-refractivity contribution in [1.82, 2.24) is 9.80 Å². The van der Waals surface area contributed by atoms with E-state index in [-0.39, 0.29) is 23.6 Å². The molecule has 1 amide bonds. The van der Waals surface area contributed by atoms with Gasteiger partial charge in [-0.3, -0.25) is 14.6 Å². The van der Waals surface area contributed by atoms with E-state index in [0.717, 1.165) is 75.0 Å². The number of nitrogens with one attached hydrogen (secondary N) is 1. The van der Waals surface area contributed by atoms with Crippen molar-refractivity contribution in [3.8, 4) is 0 Å². The van der Waals surface area contributed by atoms with E-state index in [1.807, 2.05) is 0 Å². The summed E-state index contributed by atoms with van der Waals surface area (Å²) in [6.07, 6.45) is 4.38. The Balaban J connectivity index is 1.27. The second kappa shape index (κ2) is 12.1. The van der Waals surface area contributed by atoms with Crippen LogP contribution in [0, 0.1) is 17.6 Å². The second-order valence-electron chi connectivity index (χ2n) is 10.7. The van der Waals surface area contributed by atoms with Crippen molar-refractivity contribution in [1.29, 1.82) is 0 Å². The average molecular weight is 583 g/mol. The summed E-state index contributed by atoms with van der Waals surface area (Å²) in [5.74, 6) is -1.56. The van der Waals surface area contributed by atoms with Crippen LogP contribution in [-0.4, -0.2) is 48.4 Å². The number of benzene rings is 3. The number of carbonyl (C=O) groups excluding carboxylic acids is 1. The predicted octanol–water partition coefficient (Wildman–Crippen LogP) is 6.61. The van der Waals surface area contributed by atoms with Gasteiger partial charge in [0.15, 0.2) is 11.6 Å². The van der Waals surface area contributed by atoms with E-state index in [1.165, 1.54) is 17.2 Å². The normalized spacial score (nSPS) is 21.3. The average Bonchev–Trinajstić information content (AvgIpc) is 2.93. The summed E-state index contributed by atoms with van der Waals surface area (Å²) in [5, 5.41) is 2.74. The first-order valence-electron chi connectivity index (χ1n) is 13.4. The molecule has 7 heteroatoms. The second-order valence-corrected chi connectivity index (χ2v) is 11.6. The molecule has 2 fully saturated rings. The van der Waals surface area contributed by atoms with Crippen LogP contribution >= 0.6 is 15.9 Å². The standard InChI is InChI=1S/C31H34BrF2N3O/c32-26-9-7-23(8-10-26)20-36-17-13-25(14-18-36)31(24-5-2-1-3-6-24)15-4-16-37(22-31)21-30(38)35-27-11-12-28(33)29(34)19-27/h1-3,5-12,19,25H,4,13-18,20-22H2,(H,35,38). The molecule has 1 unspecified atom stereocenters. The van der Waals surface area contributed by atoms with Crippen LogP contribution in [0.3, 0.4) is 0 Å². The fraction of sp³-hybridized carbons (Fsp3) is 0.387. The van der Waals surface area contributed by atoms with E-state index < -0.39 is 11.6 Å². The number of halogens is 3. The fourth-order valence-corrected chi connectivity index (χ4v) is 6.62. The number of amides is 1. The number of anilines is 1. The van der Waals surface area contributed by atoms with Gasteiger partial charge >= 0.3 is 0 Å². The molecule has 2 aliphatic rings. The summed E-state index contributed by atoms with van der Waals surface area (Å²) in [5.41, 5.74) is 2.96. The molecule has 2 saturated heterocycles. The number of carbonyl (C=O) groups is 1.